The van der Waals surface area contributed by atoms with Crippen molar-refractivity contribution in [1.29, 1.82) is 0 Å². The average molecular weight is 466 g/mol. The minimum Gasteiger partial charge on any atom is -0.492 e. The Morgan fingerprint density at radius 3 is 2.23 bits per heavy atom. The van der Waals surface area contributed by atoms with Crippen LogP contribution in [0.4, 0.5) is 0 Å². The number of benzene rings is 1. The quantitative estimate of drug-likeness (QED) is 0.565. The molecule has 2 saturated heterocycles. The molecule has 0 N–H and O–H groups in total. The van der Waals surface area contributed by atoms with Gasteiger partial charge in [-0.15, -0.1) is 11.3 Å². The highest BCUT2D eigenvalue weighted by Gasteiger charge is 2.26. The fourth-order valence-electron chi connectivity index (χ4n) is 3.90. The Bertz CT molecular complexity index is 889. The van der Waals surface area contributed by atoms with Gasteiger partial charge in [0.25, 0.3) is 0 Å². The van der Waals surface area contributed by atoms with Gasteiger partial charge < -0.3 is 14.4 Å². The molecule has 0 atom stereocenters. The molecule has 0 bridgehead atoms. The van der Waals surface area contributed by atoms with Crippen molar-refractivity contribution >= 4 is 21.4 Å². The van der Waals surface area contributed by atoms with Gasteiger partial charge in [-0.25, -0.2) is 8.42 Å². The smallest absolute Gasteiger partial charge is 0.243 e. The van der Waals surface area contributed by atoms with Gasteiger partial charge in [-0.05, 0) is 42.1 Å². The lowest BCUT2D eigenvalue weighted by Gasteiger charge is -2.34. The maximum Gasteiger partial charge on any atom is 0.243 e. The summed E-state index contributed by atoms with van der Waals surface area (Å²) in [7, 11) is -3.46. The molecule has 2 aromatic rings. The Kier molecular flexibility index (Phi) is 7.97. The van der Waals surface area contributed by atoms with Gasteiger partial charge in [-0.1, -0.05) is 6.07 Å². The Morgan fingerprint density at radius 1 is 0.903 bits per heavy atom. The molecule has 3 heterocycles. The van der Waals surface area contributed by atoms with Crippen molar-refractivity contribution in [1.82, 2.24) is 14.1 Å². The number of sulfonamides is 1. The maximum atomic E-state index is 12.7. The summed E-state index contributed by atoms with van der Waals surface area (Å²) in [5.41, 5.74) is 0. The van der Waals surface area contributed by atoms with Crippen LogP contribution in [0.5, 0.6) is 5.75 Å². The van der Waals surface area contributed by atoms with E-state index in [9.17, 15) is 8.42 Å². The minimum atomic E-state index is -3.46. The summed E-state index contributed by atoms with van der Waals surface area (Å²) < 4.78 is 37.9. The predicted molar refractivity (Wildman–Crippen MR) is 122 cm³/mol. The van der Waals surface area contributed by atoms with E-state index in [2.05, 4.69) is 27.3 Å². The zero-order valence-electron chi connectivity index (χ0n) is 17.8. The third-order valence-electron chi connectivity index (χ3n) is 5.83. The predicted octanol–water partition coefficient (Wildman–Crippen LogP) is 2.01. The van der Waals surface area contributed by atoms with Crippen molar-refractivity contribution in [2.45, 2.75) is 11.3 Å². The van der Waals surface area contributed by atoms with Crippen molar-refractivity contribution in [3.63, 3.8) is 0 Å². The monoisotopic (exact) mass is 465 g/mol. The average Bonchev–Trinajstić information content (AvgIpc) is 3.33. The molecule has 7 nitrogen and oxygen atoms in total. The van der Waals surface area contributed by atoms with Crippen LogP contribution in [0, 0.1) is 0 Å². The molecule has 170 valence electrons. The number of rotatable bonds is 9. The van der Waals surface area contributed by atoms with E-state index in [0.29, 0.717) is 43.6 Å². The molecule has 31 heavy (non-hydrogen) atoms. The van der Waals surface area contributed by atoms with E-state index in [1.807, 2.05) is 11.3 Å². The summed E-state index contributed by atoms with van der Waals surface area (Å²) in [6, 6.07) is 11.1. The first kappa shape index (κ1) is 22.7. The number of thiophene rings is 1. The van der Waals surface area contributed by atoms with Crippen LogP contribution in [-0.2, 0) is 21.2 Å². The number of ether oxygens (including phenoxy) is 2. The Labute approximate surface area is 189 Å². The molecule has 0 amide bonds. The SMILES string of the molecule is O=S(=O)(c1ccc(OCCN2CCN(CCc3cccs3)CC2)cc1)N1CCOCC1. The van der Waals surface area contributed by atoms with Gasteiger partial charge in [0.2, 0.25) is 10.0 Å². The third kappa shape index (κ3) is 6.27. The minimum absolute atomic E-state index is 0.306. The zero-order chi connectivity index (χ0) is 21.5. The lowest BCUT2D eigenvalue weighted by Crippen LogP contribution is -2.47. The molecule has 9 heteroatoms. The molecule has 2 aliphatic heterocycles. The largest absolute Gasteiger partial charge is 0.492 e. The fraction of sp³-hybridized carbons (Fsp3) is 0.545. The molecule has 0 radical (unpaired) electrons. The second-order valence-corrected chi connectivity index (χ2v) is 10.8. The Morgan fingerprint density at radius 2 is 1.58 bits per heavy atom. The van der Waals surface area contributed by atoms with Crippen LogP contribution in [0.3, 0.4) is 0 Å². The molecule has 1 aromatic carbocycles. The normalized spacial score (nSPS) is 19.5. The summed E-state index contributed by atoms with van der Waals surface area (Å²) in [4.78, 5) is 6.73. The van der Waals surface area contributed by atoms with Crippen LogP contribution in [0.1, 0.15) is 4.88 Å². The van der Waals surface area contributed by atoms with E-state index in [0.717, 1.165) is 45.7 Å². The number of morpholine rings is 1. The summed E-state index contributed by atoms with van der Waals surface area (Å²) in [6.07, 6.45) is 1.14. The van der Waals surface area contributed by atoms with Crippen LogP contribution >= 0.6 is 11.3 Å². The van der Waals surface area contributed by atoms with Gasteiger partial charge in [0.05, 0.1) is 18.1 Å². The van der Waals surface area contributed by atoms with E-state index >= 15 is 0 Å². The fourth-order valence-corrected chi connectivity index (χ4v) is 6.00. The number of hydrogen-bond acceptors (Lipinski definition) is 7. The number of piperazine rings is 1. The van der Waals surface area contributed by atoms with Crippen molar-refractivity contribution in [3.05, 3.63) is 46.7 Å². The molecular formula is C22H31N3O4S2. The number of hydrogen-bond donors (Lipinski definition) is 0. The maximum absolute atomic E-state index is 12.7. The van der Waals surface area contributed by atoms with Crippen molar-refractivity contribution in [2.24, 2.45) is 0 Å². The topological polar surface area (TPSA) is 62.3 Å². The van der Waals surface area contributed by atoms with Crippen LogP contribution < -0.4 is 4.74 Å². The van der Waals surface area contributed by atoms with E-state index in [4.69, 9.17) is 9.47 Å². The molecule has 2 aliphatic rings. The first-order valence-electron chi connectivity index (χ1n) is 10.9. The molecular weight excluding hydrogens is 434 g/mol. The first-order chi connectivity index (χ1) is 15.1. The molecule has 4 rings (SSSR count). The Hall–Kier alpha value is -1.49. The van der Waals surface area contributed by atoms with Gasteiger partial charge in [-0.3, -0.25) is 4.90 Å². The van der Waals surface area contributed by atoms with Gasteiger partial charge in [0.15, 0.2) is 0 Å². The zero-order valence-corrected chi connectivity index (χ0v) is 19.5. The highest BCUT2D eigenvalue weighted by molar-refractivity contribution is 7.89. The van der Waals surface area contributed by atoms with Gasteiger partial charge in [0, 0.05) is 57.2 Å². The summed E-state index contributed by atoms with van der Waals surface area (Å²) in [5, 5.41) is 2.14. The summed E-state index contributed by atoms with van der Waals surface area (Å²) in [6.45, 7) is 8.63. The van der Waals surface area contributed by atoms with Crippen molar-refractivity contribution < 1.29 is 17.9 Å². The molecule has 0 saturated carbocycles. The molecule has 2 fully saturated rings. The second kappa shape index (κ2) is 10.9. The highest BCUT2D eigenvalue weighted by Crippen LogP contribution is 2.20. The molecule has 1 aromatic heterocycles. The van der Waals surface area contributed by atoms with Crippen LogP contribution in [0.15, 0.2) is 46.7 Å². The Balaban J connectivity index is 1.16. The summed E-state index contributed by atoms with van der Waals surface area (Å²) in [5.74, 6) is 0.704. The first-order valence-corrected chi connectivity index (χ1v) is 13.2. The lowest BCUT2D eigenvalue weighted by atomic mass is 10.2. The van der Waals surface area contributed by atoms with Crippen LogP contribution in [0.2, 0.25) is 0 Å². The molecule has 0 aliphatic carbocycles. The number of nitrogens with zero attached hydrogens (tertiary/aromatic N) is 3. The van der Waals surface area contributed by atoms with Crippen molar-refractivity contribution in [2.75, 3.05) is 72.2 Å². The van der Waals surface area contributed by atoms with Crippen molar-refractivity contribution in [3.8, 4) is 5.75 Å². The molecule has 0 unspecified atom stereocenters. The second-order valence-electron chi connectivity index (χ2n) is 7.85. The van der Waals surface area contributed by atoms with Gasteiger partial charge in [0.1, 0.15) is 12.4 Å². The van der Waals surface area contributed by atoms with E-state index in [1.54, 1.807) is 24.3 Å². The van der Waals surface area contributed by atoms with Gasteiger partial charge >= 0.3 is 0 Å². The van der Waals surface area contributed by atoms with E-state index < -0.39 is 10.0 Å². The van der Waals surface area contributed by atoms with E-state index in [-0.39, 0.29) is 0 Å². The lowest BCUT2D eigenvalue weighted by molar-refractivity contribution is 0.0730. The van der Waals surface area contributed by atoms with Gasteiger partial charge in [-0.2, -0.15) is 4.31 Å². The van der Waals surface area contributed by atoms with E-state index in [1.165, 1.54) is 9.18 Å². The highest BCUT2D eigenvalue weighted by atomic mass is 32.2. The summed E-state index contributed by atoms with van der Waals surface area (Å²) >= 11 is 1.84. The van der Waals surface area contributed by atoms with Crippen LogP contribution in [0.25, 0.3) is 0 Å². The third-order valence-corrected chi connectivity index (χ3v) is 8.68. The standard InChI is InChI=1S/C22H31N3O4S2/c26-31(27,25-14-16-28-17-15-25)22-5-3-20(4-6-22)29-18-13-24-11-9-23(10-12-24)8-7-21-2-1-19-30-21/h1-6,19H,7-18H2. The molecule has 0 spiro atoms. The van der Waals surface area contributed by atoms with Crippen LogP contribution in [-0.4, -0.2) is 94.7 Å².